The highest BCUT2D eigenvalue weighted by atomic mass is 35.5. The molecule has 1 unspecified atom stereocenters. The van der Waals surface area contributed by atoms with Crippen LogP contribution in [0, 0.1) is 12.8 Å². The van der Waals surface area contributed by atoms with Crippen molar-refractivity contribution in [2.24, 2.45) is 11.7 Å². The number of halogens is 2. The number of carbonyl (C=O) groups excluding carboxylic acids is 1. The van der Waals surface area contributed by atoms with E-state index in [0.29, 0.717) is 35.9 Å². The lowest BCUT2D eigenvalue weighted by molar-refractivity contribution is -0.121. The Kier molecular flexibility index (Phi) is 4.51. The van der Waals surface area contributed by atoms with Gasteiger partial charge in [0.1, 0.15) is 5.02 Å². The number of nitrogens with zero attached hydrogens (tertiary/aromatic N) is 3. The molecule has 2 heterocycles. The summed E-state index contributed by atoms with van der Waals surface area (Å²) in [5.74, 6) is -0.580. The molecule has 126 valence electrons. The summed E-state index contributed by atoms with van der Waals surface area (Å²) in [7, 11) is 0. The third kappa shape index (κ3) is 2.99. The summed E-state index contributed by atoms with van der Waals surface area (Å²) in [5.41, 5.74) is 6.87. The quantitative estimate of drug-likeness (QED) is 0.902. The van der Waals surface area contributed by atoms with Gasteiger partial charge in [0.15, 0.2) is 0 Å². The summed E-state index contributed by atoms with van der Waals surface area (Å²) < 4.78 is 1.21. The molecule has 0 bridgehead atoms. The standard InChI is InChI=1S/C16H16Cl2N4O2/c1-9-2-3-11(6-12(9)17)22-16(24)14(18)13(7-20-22)21-5-4-10(8-21)15(19)23/h2-3,6-7,10H,4-5,8H2,1H3,(H2,19,23). The van der Waals surface area contributed by atoms with E-state index in [1.807, 2.05) is 17.9 Å². The van der Waals surface area contributed by atoms with Crippen molar-refractivity contribution >= 4 is 34.8 Å². The maximum atomic E-state index is 12.6. The van der Waals surface area contributed by atoms with Crippen LogP contribution >= 0.6 is 23.2 Å². The minimum Gasteiger partial charge on any atom is -0.369 e. The number of nitrogens with two attached hydrogens (primary N) is 1. The molecule has 3 rings (SSSR count). The smallest absolute Gasteiger partial charge is 0.292 e. The Balaban J connectivity index is 1.96. The highest BCUT2D eigenvalue weighted by Crippen LogP contribution is 2.28. The first-order valence-electron chi connectivity index (χ1n) is 7.47. The normalized spacial score (nSPS) is 17.3. The number of primary amides is 1. The molecule has 1 amide bonds. The second kappa shape index (κ2) is 6.45. The fourth-order valence-corrected chi connectivity index (χ4v) is 3.18. The van der Waals surface area contributed by atoms with E-state index in [1.54, 1.807) is 12.1 Å². The molecule has 0 radical (unpaired) electrons. The van der Waals surface area contributed by atoms with Gasteiger partial charge in [0.25, 0.3) is 5.56 Å². The lowest BCUT2D eigenvalue weighted by Crippen LogP contribution is -2.30. The molecule has 1 aliphatic rings. The Hall–Kier alpha value is -2.05. The minimum atomic E-state index is -0.434. The van der Waals surface area contributed by atoms with Gasteiger partial charge in [0.05, 0.1) is 23.5 Å². The zero-order valence-corrected chi connectivity index (χ0v) is 14.5. The number of benzene rings is 1. The number of amides is 1. The summed E-state index contributed by atoms with van der Waals surface area (Å²) in [4.78, 5) is 25.7. The zero-order chi connectivity index (χ0) is 17.4. The highest BCUT2D eigenvalue weighted by Gasteiger charge is 2.29. The second-order valence-electron chi connectivity index (χ2n) is 5.83. The molecule has 2 aromatic rings. The number of rotatable bonds is 3. The molecule has 2 N–H and O–H groups in total. The molecule has 1 saturated heterocycles. The van der Waals surface area contributed by atoms with Gasteiger partial charge in [-0.05, 0) is 31.0 Å². The van der Waals surface area contributed by atoms with E-state index in [4.69, 9.17) is 28.9 Å². The second-order valence-corrected chi connectivity index (χ2v) is 6.61. The van der Waals surface area contributed by atoms with Crippen molar-refractivity contribution in [2.45, 2.75) is 13.3 Å². The SMILES string of the molecule is Cc1ccc(-n2ncc(N3CCC(C(N)=O)C3)c(Cl)c2=O)cc1Cl. The van der Waals surface area contributed by atoms with Crippen LogP contribution in [0.2, 0.25) is 10.0 Å². The van der Waals surface area contributed by atoms with Crippen LogP contribution in [0.4, 0.5) is 5.69 Å². The van der Waals surface area contributed by atoms with Gasteiger partial charge in [-0.1, -0.05) is 29.3 Å². The van der Waals surface area contributed by atoms with Crippen molar-refractivity contribution in [1.82, 2.24) is 9.78 Å². The predicted octanol–water partition coefficient (Wildman–Crippen LogP) is 2.16. The van der Waals surface area contributed by atoms with Crippen LogP contribution in [0.25, 0.3) is 5.69 Å². The summed E-state index contributed by atoms with van der Waals surface area (Å²) in [6.07, 6.45) is 2.17. The van der Waals surface area contributed by atoms with E-state index in [0.717, 1.165) is 5.56 Å². The van der Waals surface area contributed by atoms with E-state index in [9.17, 15) is 9.59 Å². The molecule has 8 heteroatoms. The average molecular weight is 367 g/mol. The summed E-state index contributed by atoms with van der Waals surface area (Å²) in [5, 5.41) is 4.81. The molecule has 1 atom stereocenters. The summed E-state index contributed by atoms with van der Waals surface area (Å²) in [6.45, 7) is 2.92. The van der Waals surface area contributed by atoms with Gasteiger partial charge in [0.2, 0.25) is 5.91 Å². The Morgan fingerprint density at radius 2 is 2.12 bits per heavy atom. The van der Waals surface area contributed by atoms with E-state index >= 15 is 0 Å². The Bertz CT molecular complexity index is 866. The molecule has 6 nitrogen and oxygen atoms in total. The molecule has 0 aliphatic carbocycles. The van der Waals surface area contributed by atoms with Crippen molar-refractivity contribution < 1.29 is 4.79 Å². The summed E-state index contributed by atoms with van der Waals surface area (Å²) >= 11 is 12.4. The largest absolute Gasteiger partial charge is 0.369 e. The van der Waals surface area contributed by atoms with Crippen LogP contribution in [-0.4, -0.2) is 28.8 Å². The van der Waals surface area contributed by atoms with Crippen LogP contribution in [0.15, 0.2) is 29.2 Å². The first kappa shape index (κ1) is 16.8. The van der Waals surface area contributed by atoms with Crippen LogP contribution in [0.3, 0.4) is 0 Å². The number of hydrogen-bond acceptors (Lipinski definition) is 4. The Labute approximate surface area is 148 Å². The lowest BCUT2D eigenvalue weighted by atomic mass is 10.1. The van der Waals surface area contributed by atoms with E-state index in [1.165, 1.54) is 10.9 Å². The fraction of sp³-hybridized carbons (Fsp3) is 0.312. The van der Waals surface area contributed by atoms with Crippen molar-refractivity contribution in [2.75, 3.05) is 18.0 Å². The Morgan fingerprint density at radius 3 is 2.75 bits per heavy atom. The van der Waals surface area contributed by atoms with Crippen LogP contribution in [0.5, 0.6) is 0 Å². The van der Waals surface area contributed by atoms with Crippen molar-refractivity contribution in [3.63, 3.8) is 0 Å². The Morgan fingerprint density at radius 1 is 1.38 bits per heavy atom. The fourth-order valence-electron chi connectivity index (χ4n) is 2.75. The number of carbonyl (C=O) groups is 1. The minimum absolute atomic E-state index is 0.0619. The van der Waals surface area contributed by atoms with Gasteiger partial charge in [0, 0.05) is 18.1 Å². The first-order chi connectivity index (χ1) is 11.4. The van der Waals surface area contributed by atoms with Gasteiger partial charge in [-0.15, -0.1) is 0 Å². The van der Waals surface area contributed by atoms with E-state index in [-0.39, 0.29) is 16.8 Å². The maximum absolute atomic E-state index is 12.6. The van der Waals surface area contributed by atoms with E-state index < -0.39 is 5.56 Å². The molecule has 24 heavy (non-hydrogen) atoms. The van der Waals surface area contributed by atoms with Gasteiger partial charge >= 0.3 is 0 Å². The monoisotopic (exact) mass is 366 g/mol. The van der Waals surface area contributed by atoms with Gasteiger partial charge < -0.3 is 10.6 Å². The molecule has 1 aromatic heterocycles. The van der Waals surface area contributed by atoms with Gasteiger partial charge in [-0.2, -0.15) is 9.78 Å². The topological polar surface area (TPSA) is 81.2 Å². The number of aromatic nitrogens is 2. The van der Waals surface area contributed by atoms with Crippen molar-refractivity contribution in [3.8, 4) is 5.69 Å². The molecular weight excluding hydrogens is 351 g/mol. The van der Waals surface area contributed by atoms with Gasteiger partial charge in [-0.3, -0.25) is 9.59 Å². The number of aryl methyl sites for hydroxylation is 1. The van der Waals surface area contributed by atoms with Crippen molar-refractivity contribution in [3.05, 3.63) is 50.4 Å². The van der Waals surface area contributed by atoms with Crippen LogP contribution in [-0.2, 0) is 4.79 Å². The van der Waals surface area contributed by atoms with Crippen LogP contribution in [0.1, 0.15) is 12.0 Å². The number of hydrogen-bond donors (Lipinski definition) is 1. The third-order valence-corrected chi connectivity index (χ3v) is 4.99. The summed E-state index contributed by atoms with van der Waals surface area (Å²) in [6, 6.07) is 5.23. The van der Waals surface area contributed by atoms with Crippen molar-refractivity contribution in [1.29, 1.82) is 0 Å². The molecule has 1 aliphatic heterocycles. The average Bonchev–Trinajstić information content (AvgIpc) is 3.03. The zero-order valence-electron chi connectivity index (χ0n) is 13.0. The predicted molar refractivity (Wildman–Crippen MR) is 94.1 cm³/mol. The lowest BCUT2D eigenvalue weighted by Gasteiger charge is -2.19. The van der Waals surface area contributed by atoms with E-state index in [2.05, 4.69) is 5.10 Å². The van der Waals surface area contributed by atoms with Gasteiger partial charge in [-0.25, -0.2) is 0 Å². The maximum Gasteiger partial charge on any atom is 0.292 e. The third-order valence-electron chi connectivity index (χ3n) is 4.23. The number of anilines is 1. The molecule has 1 aromatic carbocycles. The first-order valence-corrected chi connectivity index (χ1v) is 8.22. The highest BCUT2D eigenvalue weighted by molar-refractivity contribution is 6.33. The molecule has 1 fully saturated rings. The molecule has 0 saturated carbocycles. The molecular formula is C16H16Cl2N4O2. The molecule has 0 spiro atoms. The van der Waals surface area contributed by atoms with Crippen LogP contribution < -0.4 is 16.2 Å².